The second-order valence-corrected chi connectivity index (χ2v) is 5.75. The number of piperidine rings is 1. The van der Waals surface area contributed by atoms with Crippen molar-refractivity contribution in [1.29, 1.82) is 0 Å². The van der Waals surface area contributed by atoms with Gasteiger partial charge in [-0.25, -0.2) is 0 Å². The third kappa shape index (κ3) is 1.59. The van der Waals surface area contributed by atoms with Crippen molar-refractivity contribution < 1.29 is 9.84 Å². The van der Waals surface area contributed by atoms with Crippen LogP contribution in [0.25, 0.3) is 0 Å². The van der Waals surface area contributed by atoms with Crippen LogP contribution in [-0.4, -0.2) is 30.1 Å². The van der Waals surface area contributed by atoms with Crippen LogP contribution in [0.3, 0.4) is 0 Å². The molecule has 0 unspecified atom stereocenters. The van der Waals surface area contributed by atoms with Gasteiger partial charge in [0.2, 0.25) is 0 Å². The van der Waals surface area contributed by atoms with Gasteiger partial charge in [0.15, 0.2) is 6.29 Å². The van der Waals surface area contributed by atoms with Crippen LogP contribution in [0.5, 0.6) is 0 Å². The minimum Gasteiger partial charge on any atom is -0.367 e. The van der Waals surface area contributed by atoms with Gasteiger partial charge in [0, 0.05) is 16.3 Å². The van der Waals surface area contributed by atoms with Gasteiger partial charge in [-0.15, -0.1) is 0 Å². The molecular weight excluding hydrogens is 270 g/mol. The molecule has 0 bridgehead atoms. The summed E-state index contributed by atoms with van der Waals surface area (Å²) in [5.41, 5.74) is -0.143. The summed E-state index contributed by atoms with van der Waals surface area (Å²) < 4.78 is 6.93. The number of ether oxygens (including phenoxy) is 1. The maximum absolute atomic E-state index is 10.0. The molecule has 2 heterocycles. The predicted octanol–water partition coefficient (Wildman–Crippen LogP) is 1.54. The molecule has 2 saturated heterocycles. The number of hydrogen-bond acceptors (Lipinski definition) is 3. The number of fused-ring (bicyclic) bond motifs is 2. The van der Waals surface area contributed by atoms with Crippen molar-refractivity contribution >= 4 is 15.9 Å². The Kier molecular flexibility index (Phi) is 2.70. The van der Waals surface area contributed by atoms with Crippen molar-refractivity contribution in [2.24, 2.45) is 11.8 Å². The molecule has 0 amide bonds. The zero-order valence-electron chi connectivity index (χ0n) is 9.03. The van der Waals surface area contributed by atoms with Gasteiger partial charge in [-0.05, 0) is 25.9 Å². The largest absolute Gasteiger partial charge is 0.367 e. The lowest BCUT2D eigenvalue weighted by atomic mass is 9.74. The Hall–Kier alpha value is -0.160. The minimum atomic E-state index is -0.652. The molecule has 3 atom stereocenters. The van der Waals surface area contributed by atoms with E-state index in [0.717, 1.165) is 30.4 Å². The summed E-state index contributed by atoms with van der Waals surface area (Å²) in [7, 11) is 0. The Morgan fingerprint density at radius 1 is 1.44 bits per heavy atom. The van der Waals surface area contributed by atoms with Crippen LogP contribution in [0.4, 0.5) is 0 Å². The van der Waals surface area contributed by atoms with Crippen molar-refractivity contribution in [3.63, 3.8) is 0 Å². The highest BCUT2D eigenvalue weighted by atomic mass is 79.9. The van der Waals surface area contributed by atoms with Crippen LogP contribution in [0.1, 0.15) is 12.8 Å². The van der Waals surface area contributed by atoms with Crippen molar-refractivity contribution in [3.05, 3.63) is 22.7 Å². The smallest absolute Gasteiger partial charge is 0.162 e. The second kappa shape index (κ2) is 3.95. The molecule has 88 valence electrons. The van der Waals surface area contributed by atoms with Gasteiger partial charge in [-0.3, -0.25) is 0 Å². The van der Waals surface area contributed by atoms with E-state index in [1.807, 2.05) is 0 Å². The lowest BCUT2D eigenvalue weighted by molar-refractivity contribution is -0.155. The molecule has 0 aromatic rings. The molecule has 2 aliphatic heterocycles. The molecule has 0 aromatic heterocycles. The Balaban J connectivity index is 1.91. The first kappa shape index (κ1) is 11.0. The first-order chi connectivity index (χ1) is 7.71. The van der Waals surface area contributed by atoms with Crippen molar-refractivity contribution in [1.82, 2.24) is 5.32 Å². The average Bonchev–Trinajstić information content (AvgIpc) is 2.53. The van der Waals surface area contributed by atoms with E-state index in [1.165, 1.54) is 0 Å². The molecule has 2 fully saturated rings. The highest BCUT2D eigenvalue weighted by molar-refractivity contribution is 9.11. The number of nitrogens with one attached hydrogen (secondary N) is 1. The average molecular weight is 286 g/mol. The molecule has 0 radical (unpaired) electrons. The van der Waals surface area contributed by atoms with E-state index in [4.69, 9.17) is 4.74 Å². The summed E-state index contributed by atoms with van der Waals surface area (Å²) in [4.78, 5) is 0. The van der Waals surface area contributed by atoms with E-state index in [9.17, 15) is 5.11 Å². The van der Waals surface area contributed by atoms with Gasteiger partial charge in [-0.2, -0.15) is 0 Å². The Labute approximate surface area is 104 Å². The first-order valence-electron chi connectivity index (χ1n) is 5.83. The van der Waals surface area contributed by atoms with Crippen LogP contribution >= 0.6 is 15.9 Å². The highest BCUT2D eigenvalue weighted by Crippen LogP contribution is 2.48. The maximum atomic E-state index is 10.0. The maximum Gasteiger partial charge on any atom is 0.162 e. The number of hydrogen-bond donors (Lipinski definition) is 2. The SMILES string of the molecule is O[C@@H]1OC2(CCNCC2)[C@H]2C=CC(Br)=C[C@H]12. The summed E-state index contributed by atoms with van der Waals surface area (Å²) in [5.74, 6) is 0.434. The van der Waals surface area contributed by atoms with Gasteiger partial charge < -0.3 is 15.2 Å². The fourth-order valence-corrected chi connectivity index (χ4v) is 3.61. The summed E-state index contributed by atoms with van der Waals surface area (Å²) in [5, 5.41) is 13.4. The zero-order valence-corrected chi connectivity index (χ0v) is 10.6. The third-order valence-electron chi connectivity index (χ3n) is 3.97. The fraction of sp³-hybridized carbons (Fsp3) is 0.667. The quantitative estimate of drug-likeness (QED) is 0.710. The van der Waals surface area contributed by atoms with Crippen LogP contribution in [0.15, 0.2) is 22.7 Å². The molecule has 0 saturated carbocycles. The summed E-state index contributed by atoms with van der Waals surface area (Å²) in [6.07, 6.45) is 7.66. The van der Waals surface area contributed by atoms with Crippen LogP contribution in [0.2, 0.25) is 0 Å². The highest BCUT2D eigenvalue weighted by Gasteiger charge is 2.53. The molecule has 0 aromatic carbocycles. The van der Waals surface area contributed by atoms with Crippen molar-refractivity contribution in [2.75, 3.05) is 13.1 Å². The Morgan fingerprint density at radius 3 is 2.94 bits per heavy atom. The predicted molar refractivity (Wildman–Crippen MR) is 65.1 cm³/mol. The number of aliphatic hydroxyl groups excluding tert-OH is 1. The van der Waals surface area contributed by atoms with Crippen LogP contribution in [-0.2, 0) is 4.74 Å². The van der Waals surface area contributed by atoms with Gasteiger partial charge in [0.1, 0.15) is 0 Å². The summed E-state index contributed by atoms with van der Waals surface area (Å²) >= 11 is 3.46. The molecule has 3 nitrogen and oxygen atoms in total. The number of aliphatic hydroxyl groups is 1. The van der Waals surface area contributed by atoms with Crippen molar-refractivity contribution in [3.8, 4) is 0 Å². The Morgan fingerprint density at radius 2 is 2.19 bits per heavy atom. The molecule has 3 aliphatic rings. The third-order valence-corrected chi connectivity index (χ3v) is 4.50. The molecule has 3 rings (SSSR count). The van der Waals surface area contributed by atoms with Gasteiger partial charge in [-0.1, -0.05) is 34.2 Å². The van der Waals surface area contributed by atoms with E-state index in [2.05, 4.69) is 39.5 Å². The molecule has 16 heavy (non-hydrogen) atoms. The van der Waals surface area contributed by atoms with Gasteiger partial charge in [0.05, 0.1) is 5.60 Å². The molecule has 1 aliphatic carbocycles. The topological polar surface area (TPSA) is 41.5 Å². The van der Waals surface area contributed by atoms with Crippen LogP contribution < -0.4 is 5.32 Å². The standard InChI is InChI=1S/C12H16BrNO2/c13-8-1-2-10-9(7-8)11(15)16-12(10)3-5-14-6-4-12/h1-2,7,9-11,14-15H,3-6H2/t9-,10-,11+/m0/s1. The zero-order chi connectivity index (χ0) is 11.2. The second-order valence-electron chi connectivity index (χ2n) is 4.84. The molecule has 4 heteroatoms. The summed E-state index contributed by atoms with van der Waals surface area (Å²) in [6, 6.07) is 0. The fourth-order valence-electron chi connectivity index (χ4n) is 3.15. The number of allylic oxidation sites excluding steroid dienone is 2. The molecule has 1 spiro atoms. The number of rotatable bonds is 0. The minimum absolute atomic E-state index is 0.109. The van der Waals surface area contributed by atoms with Crippen molar-refractivity contribution in [2.45, 2.75) is 24.7 Å². The number of halogens is 1. The van der Waals surface area contributed by atoms with E-state index in [0.29, 0.717) is 5.92 Å². The van der Waals surface area contributed by atoms with Crippen LogP contribution in [0, 0.1) is 11.8 Å². The monoisotopic (exact) mass is 285 g/mol. The van der Waals surface area contributed by atoms with E-state index >= 15 is 0 Å². The molecule has 2 N–H and O–H groups in total. The summed E-state index contributed by atoms with van der Waals surface area (Å²) in [6.45, 7) is 1.96. The van der Waals surface area contributed by atoms with Gasteiger partial charge in [0.25, 0.3) is 0 Å². The van der Waals surface area contributed by atoms with E-state index in [1.54, 1.807) is 0 Å². The van der Waals surface area contributed by atoms with Gasteiger partial charge >= 0.3 is 0 Å². The van der Waals surface area contributed by atoms with E-state index in [-0.39, 0.29) is 11.5 Å². The molecular formula is C12H16BrNO2. The van der Waals surface area contributed by atoms with E-state index < -0.39 is 6.29 Å². The lowest BCUT2D eigenvalue weighted by Gasteiger charge is -2.38. The lowest BCUT2D eigenvalue weighted by Crippen LogP contribution is -2.46. The first-order valence-corrected chi connectivity index (χ1v) is 6.63. The Bertz CT molecular complexity index is 347. The normalized spacial score (nSPS) is 40.9.